The van der Waals surface area contributed by atoms with Crippen molar-refractivity contribution < 1.29 is 4.74 Å². The van der Waals surface area contributed by atoms with Gasteiger partial charge >= 0.3 is 0 Å². The smallest absolute Gasteiger partial charge is 0.119 e. The summed E-state index contributed by atoms with van der Waals surface area (Å²) in [5, 5.41) is 4.68. The Kier molecular flexibility index (Phi) is 5.37. The van der Waals surface area contributed by atoms with E-state index in [1.165, 1.54) is 15.4 Å². The minimum Gasteiger partial charge on any atom is -0.497 e. The quantitative estimate of drug-likeness (QED) is 0.825. The van der Waals surface area contributed by atoms with E-state index >= 15 is 0 Å². The molecular weight excluding hydrogens is 280 g/mol. The van der Waals surface area contributed by atoms with Crippen molar-refractivity contribution in [1.29, 1.82) is 0 Å². The molecule has 2 aromatic rings. The highest BCUT2D eigenvalue weighted by atomic mass is 32.1. The molecule has 4 heteroatoms. The zero-order valence-electron chi connectivity index (χ0n) is 13.3. The van der Waals surface area contributed by atoms with Crippen LogP contribution in [-0.4, -0.2) is 18.6 Å². The van der Waals surface area contributed by atoms with Crippen molar-refractivity contribution >= 4 is 11.3 Å². The van der Waals surface area contributed by atoms with Gasteiger partial charge in [0.1, 0.15) is 5.75 Å². The average Bonchev–Trinajstić information content (AvgIpc) is 2.93. The van der Waals surface area contributed by atoms with E-state index in [0.29, 0.717) is 0 Å². The standard InChI is InChI=1S/C17H24N2OS/c1-17(2,3)16-19-12-15(21-16)11-18-9-8-13-6-5-7-14(10-13)20-4/h5-7,10,12,18H,8-9,11H2,1-4H3. The molecule has 21 heavy (non-hydrogen) atoms. The number of nitrogens with zero attached hydrogens (tertiary/aromatic N) is 1. The molecule has 0 aliphatic rings. The highest BCUT2D eigenvalue weighted by molar-refractivity contribution is 7.11. The Bertz CT molecular complexity index is 572. The summed E-state index contributed by atoms with van der Waals surface area (Å²) in [6.45, 7) is 8.44. The maximum atomic E-state index is 5.24. The summed E-state index contributed by atoms with van der Waals surface area (Å²) in [5.41, 5.74) is 1.44. The number of nitrogens with one attached hydrogen (secondary N) is 1. The third kappa shape index (κ3) is 4.83. The molecule has 0 aliphatic carbocycles. The number of hydrogen-bond acceptors (Lipinski definition) is 4. The minimum absolute atomic E-state index is 0.142. The van der Waals surface area contributed by atoms with Crippen LogP contribution in [0.5, 0.6) is 5.75 Å². The topological polar surface area (TPSA) is 34.1 Å². The zero-order valence-corrected chi connectivity index (χ0v) is 14.1. The summed E-state index contributed by atoms with van der Waals surface area (Å²) in [6, 6.07) is 8.23. The average molecular weight is 304 g/mol. The molecule has 0 saturated heterocycles. The van der Waals surface area contributed by atoms with Crippen LogP contribution in [-0.2, 0) is 18.4 Å². The van der Waals surface area contributed by atoms with Gasteiger partial charge in [-0.15, -0.1) is 11.3 Å². The number of ether oxygens (including phenoxy) is 1. The number of hydrogen-bond donors (Lipinski definition) is 1. The number of benzene rings is 1. The van der Waals surface area contributed by atoms with Crippen molar-refractivity contribution in [2.45, 2.75) is 39.2 Å². The SMILES string of the molecule is COc1cccc(CCNCc2cnc(C(C)(C)C)s2)c1. The molecule has 2 rings (SSSR count). The lowest BCUT2D eigenvalue weighted by Crippen LogP contribution is -2.16. The summed E-state index contributed by atoms with van der Waals surface area (Å²) in [4.78, 5) is 5.81. The van der Waals surface area contributed by atoms with Gasteiger partial charge in [-0.3, -0.25) is 0 Å². The Labute approximate surface area is 131 Å². The molecule has 1 heterocycles. The van der Waals surface area contributed by atoms with Gasteiger partial charge in [0.25, 0.3) is 0 Å². The second-order valence-electron chi connectivity index (χ2n) is 6.16. The number of rotatable bonds is 6. The van der Waals surface area contributed by atoms with E-state index < -0.39 is 0 Å². The van der Waals surface area contributed by atoms with Crippen molar-refractivity contribution in [3.8, 4) is 5.75 Å². The van der Waals surface area contributed by atoms with E-state index in [9.17, 15) is 0 Å². The zero-order chi connectivity index (χ0) is 15.3. The Balaban J connectivity index is 1.78. The molecule has 0 spiro atoms. The summed E-state index contributed by atoms with van der Waals surface area (Å²) in [6.07, 6.45) is 2.99. The molecule has 0 atom stereocenters. The first-order valence-corrected chi connectivity index (χ1v) is 8.09. The van der Waals surface area contributed by atoms with Crippen molar-refractivity contribution in [3.63, 3.8) is 0 Å². The minimum atomic E-state index is 0.142. The van der Waals surface area contributed by atoms with Crippen LogP contribution in [0.15, 0.2) is 30.5 Å². The lowest BCUT2D eigenvalue weighted by atomic mass is 9.98. The lowest BCUT2D eigenvalue weighted by Gasteiger charge is -2.13. The van der Waals surface area contributed by atoms with E-state index in [1.54, 1.807) is 18.4 Å². The van der Waals surface area contributed by atoms with Gasteiger partial charge in [0.15, 0.2) is 0 Å². The van der Waals surface area contributed by atoms with Gasteiger partial charge in [-0.05, 0) is 30.7 Å². The van der Waals surface area contributed by atoms with Crippen LogP contribution in [0.4, 0.5) is 0 Å². The largest absolute Gasteiger partial charge is 0.497 e. The lowest BCUT2D eigenvalue weighted by molar-refractivity contribution is 0.414. The molecule has 0 amide bonds. The first-order chi connectivity index (χ1) is 9.99. The normalized spacial score (nSPS) is 11.6. The molecule has 0 saturated carbocycles. The van der Waals surface area contributed by atoms with Crippen LogP contribution in [0, 0.1) is 0 Å². The Morgan fingerprint density at radius 3 is 2.76 bits per heavy atom. The molecule has 0 fully saturated rings. The monoisotopic (exact) mass is 304 g/mol. The maximum Gasteiger partial charge on any atom is 0.119 e. The van der Waals surface area contributed by atoms with Crippen LogP contribution in [0.2, 0.25) is 0 Å². The van der Waals surface area contributed by atoms with E-state index in [-0.39, 0.29) is 5.41 Å². The van der Waals surface area contributed by atoms with E-state index in [1.807, 2.05) is 18.3 Å². The molecule has 1 aromatic heterocycles. The third-order valence-corrected chi connectivity index (χ3v) is 4.64. The molecule has 1 N–H and O–H groups in total. The second-order valence-corrected chi connectivity index (χ2v) is 7.28. The molecule has 1 aromatic carbocycles. The molecule has 0 aliphatic heterocycles. The Morgan fingerprint density at radius 1 is 1.29 bits per heavy atom. The van der Waals surface area contributed by atoms with Gasteiger partial charge in [-0.2, -0.15) is 0 Å². The molecule has 0 unspecified atom stereocenters. The summed E-state index contributed by atoms with van der Waals surface area (Å²) >= 11 is 1.80. The van der Waals surface area contributed by atoms with Gasteiger partial charge in [0, 0.05) is 23.0 Å². The third-order valence-electron chi connectivity index (χ3n) is 3.22. The maximum absolute atomic E-state index is 5.24. The highest BCUT2D eigenvalue weighted by Gasteiger charge is 2.17. The molecule has 3 nitrogen and oxygen atoms in total. The Hall–Kier alpha value is -1.39. The fraction of sp³-hybridized carbons (Fsp3) is 0.471. The number of methoxy groups -OCH3 is 1. The van der Waals surface area contributed by atoms with Gasteiger partial charge < -0.3 is 10.1 Å². The fourth-order valence-corrected chi connectivity index (χ4v) is 2.95. The van der Waals surface area contributed by atoms with Crippen LogP contribution >= 0.6 is 11.3 Å². The van der Waals surface area contributed by atoms with Crippen LogP contribution in [0.3, 0.4) is 0 Å². The van der Waals surface area contributed by atoms with Crippen LogP contribution < -0.4 is 10.1 Å². The molecule has 0 radical (unpaired) electrons. The Morgan fingerprint density at radius 2 is 2.10 bits per heavy atom. The van der Waals surface area contributed by atoms with Crippen molar-refractivity contribution in [2.75, 3.05) is 13.7 Å². The van der Waals surface area contributed by atoms with Crippen molar-refractivity contribution in [1.82, 2.24) is 10.3 Å². The number of thiazole rings is 1. The first-order valence-electron chi connectivity index (χ1n) is 7.28. The molecule has 0 bridgehead atoms. The second kappa shape index (κ2) is 7.05. The molecular formula is C17H24N2OS. The van der Waals surface area contributed by atoms with Crippen molar-refractivity contribution in [2.24, 2.45) is 0 Å². The summed E-state index contributed by atoms with van der Waals surface area (Å²) in [7, 11) is 1.70. The van der Waals surface area contributed by atoms with E-state index in [4.69, 9.17) is 4.74 Å². The fourth-order valence-electron chi connectivity index (χ4n) is 2.01. The predicted octanol–water partition coefficient (Wildman–Crippen LogP) is 3.78. The van der Waals surface area contributed by atoms with E-state index in [0.717, 1.165) is 25.3 Å². The van der Waals surface area contributed by atoms with Gasteiger partial charge in [-0.25, -0.2) is 4.98 Å². The summed E-state index contributed by atoms with van der Waals surface area (Å²) in [5.74, 6) is 0.921. The van der Waals surface area contributed by atoms with Crippen molar-refractivity contribution in [3.05, 3.63) is 45.9 Å². The molecule has 114 valence electrons. The predicted molar refractivity (Wildman–Crippen MR) is 89.2 cm³/mol. The highest BCUT2D eigenvalue weighted by Crippen LogP contribution is 2.26. The first kappa shape index (κ1) is 16.0. The summed E-state index contributed by atoms with van der Waals surface area (Å²) < 4.78 is 5.24. The van der Waals surface area contributed by atoms with Crippen LogP contribution in [0.25, 0.3) is 0 Å². The van der Waals surface area contributed by atoms with E-state index in [2.05, 4.69) is 43.2 Å². The van der Waals surface area contributed by atoms with Gasteiger partial charge in [0.05, 0.1) is 12.1 Å². The van der Waals surface area contributed by atoms with Gasteiger partial charge in [-0.1, -0.05) is 32.9 Å². The van der Waals surface area contributed by atoms with Gasteiger partial charge in [0.2, 0.25) is 0 Å². The number of aromatic nitrogens is 1. The van der Waals surface area contributed by atoms with Crippen LogP contribution in [0.1, 0.15) is 36.2 Å².